The van der Waals surface area contributed by atoms with Crippen LogP contribution < -0.4 is 4.90 Å². The van der Waals surface area contributed by atoms with Crippen LogP contribution in [0.2, 0.25) is 0 Å². The van der Waals surface area contributed by atoms with Crippen LogP contribution in [-0.4, -0.2) is 15.8 Å². The third-order valence-electron chi connectivity index (χ3n) is 5.19. The number of benzene rings is 3. The van der Waals surface area contributed by atoms with Crippen LogP contribution in [0.5, 0.6) is 0 Å². The van der Waals surface area contributed by atoms with E-state index in [0.29, 0.717) is 21.9 Å². The van der Waals surface area contributed by atoms with Crippen LogP contribution in [-0.2, 0) is 6.54 Å². The van der Waals surface area contributed by atoms with E-state index < -0.39 is 4.92 Å². The first kappa shape index (κ1) is 20.3. The van der Waals surface area contributed by atoms with Gasteiger partial charge in [0.05, 0.1) is 26.6 Å². The second kappa shape index (κ2) is 8.14. The monoisotopic (exact) mass is 459 g/mol. The number of rotatable bonds is 5. The largest absolute Gasteiger partial charge is 0.279 e. The first-order valence-corrected chi connectivity index (χ1v) is 11.5. The third-order valence-corrected chi connectivity index (χ3v) is 7.34. The van der Waals surface area contributed by atoms with Crippen LogP contribution in [0.15, 0.2) is 72.8 Å². The molecular weight excluding hydrogens is 442 g/mol. The zero-order valence-corrected chi connectivity index (χ0v) is 18.7. The third kappa shape index (κ3) is 3.74. The summed E-state index contributed by atoms with van der Waals surface area (Å²) >= 11 is 2.82. The normalized spacial score (nSPS) is 11.2. The molecule has 5 rings (SSSR count). The van der Waals surface area contributed by atoms with Crippen molar-refractivity contribution >= 4 is 59.7 Å². The first-order chi connectivity index (χ1) is 15.5. The molecule has 0 saturated heterocycles. The zero-order valence-electron chi connectivity index (χ0n) is 17.0. The van der Waals surface area contributed by atoms with Gasteiger partial charge in [-0.05, 0) is 36.2 Å². The van der Waals surface area contributed by atoms with Gasteiger partial charge >= 0.3 is 0 Å². The number of carbonyl (C=O) groups is 1. The molecule has 8 heteroatoms. The zero-order chi connectivity index (χ0) is 22.2. The quantitative estimate of drug-likeness (QED) is 0.220. The summed E-state index contributed by atoms with van der Waals surface area (Å²) in [4.78, 5) is 31.4. The van der Waals surface area contributed by atoms with E-state index in [1.807, 2.05) is 55.5 Å². The van der Waals surface area contributed by atoms with Gasteiger partial charge in [-0.1, -0.05) is 53.8 Å². The predicted molar refractivity (Wildman–Crippen MR) is 130 cm³/mol. The topological polar surface area (TPSA) is 76.3 Å². The Morgan fingerprint density at radius 2 is 1.81 bits per heavy atom. The lowest BCUT2D eigenvalue weighted by Crippen LogP contribution is -2.29. The van der Waals surface area contributed by atoms with Gasteiger partial charge in [-0.15, -0.1) is 11.3 Å². The van der Waals surface area contributed by atoms with E-state index >= 15 is 0 Å². The van der Waals surface area contributed by atoms with Gasteiger partial charge in [-0.3, -0.25) is 19.8 Å². The number of thiophene rings is 1. The number of amides is 1. The number of para-hydroxylation sites is 1. The minimum absolute atomic E-state index is 0.0112. The number of nitro groups is 1. The number of aryl methyl sites for hydroxylation is 1. The number of fused-ring (bicyclic) bond motifs is 2. The lowest BCUT2D eigenvalue weighted by molar-refractivity contribution is -0.384. The molecule has 0 N–H and O–H groups in total. The smallest absolute Gasteiger partial charge is 0.270 e. The van der Waals surface area contributed by atoms with Crippen LogP contribution in [0, 0.1) is 17.0 Å². The molecule has 2 aromatic heterocycles. The number of nitrogens with zero attached hydrogens (tertiary/aromatic N) is 3. The molecule has 0 aliphatic rings. The Morgan fingerprint density at radius 1 is 1.00 bits per heavy atom. The highest BCUT2D eigenvalue weighted by Gasteiger charge is 2.24. The van der Waals surface area contributed by atoms with E-state index in [9.17, 15) is 14.9 Å². The second-order valence-electron chi connectivity index (χ2n) is 7.38. The van der Waals surface area contributed by atoms with Crippen molar-refractivity contribution in [1.29, 1.82) is 0 Å². The maximum absolute atomic E-state index is 13.7. The number of thiazole rings is 1. The van der Waals surface area contributed by atoms with Gasteiger partial charge in [-0.2, -0.15) is 0 Å². The van der Waals surface area contributed by atoms with Gasteiger partial charge in [0.25, 0.3) is 11.6 Å². The fraction of sp³-hybridized carbons (Fsp3) is 0.0833. The van der Waals surface area contributed by atoms with Gasteiger partial charge in [0.15, 0.2) is 5.13 Å². The van der Waals surface area contributed by atoms with Crippen LogP contribution in [0.25, 0.3) is 20.3 Å². The molecule has 5 aromatic rings. The lowest BCUT2D eigenvalue weighted by atomic mass is 10.2. The molecule has 0 aliphatic heterocycles. The molecule has 6 nitrogen and oxygen atoms in total. The average molecular weight is 460 g/mol. The molecule has 3 aromatic carbocycles. The van der Waals surface area contributed by atoms with Crippen molar-refractivity contribution < 1.29 is 9.72 Å². The summed E-state index contributed by atoms with van der Waals surface area (Å²) in [5, 5.41) is 12.4. The molecule has 0 fully saturated rings. The van der Waals surface area contributed by atoms with Crippen molar-refractivity contribution in [3.63, 3.8) is 0 Å². The van der Waals surface area contributed by atoms with Crippen molar-refractivity contribution in [3.05, 3.63) is 98.9 Å². The molecule has 158 valence electrons. The fourth-order valence-corrected chi connectivity index (χ4v) is 5.60. The van der Waals surface area contributed by atoms with Crippen molar-refractivity contribution in [2.45, 2.75) is 13.5 Å². The minimum atomic E-state index is -0.427. The van der Waals surface area contributed by atoms with Crippen LogP contribution in [0.4, 0.5) is 10.8 Å². The summed E-state index contributed by atoms with van der Waals surface area (Å²) in [6.45, 7) is 2.39. The van der Waals surface area contributed by atoms with E-state index in [2.05, 4.69) is 0 Å². The van der Waals surface area contributed by atoms with Crippen molar-refractivity contribution in [2.75, 3.05) is 4.90 Å². The van der Waals surface area contributed by atoms with Gasteiger partial charge in [0.1, 0.15) is 0 Å². The number of nitro benzene ring substituents is 1. The van der Waals surface area contributed by atoms with Gasteiger partial charge in [-0.25, -0.2) is 4.98 Å². The molecule has 1 amide bonds. The van der Waals surface area contributed by atoms with Crippen molar-refractivity contribution in [2.24, 2.45) is 0 Å². The Labute approximate surface area is 191 Å². The van der Waals surface area contributed by atoms with E-state index in [0.717, 1.165) is 26.0 Å². The van der Waals surface area contributed by atoms with Crippen LogP contribution >= 0.6 is 22.7 Å². The highest BCUT2D eigenvalue weighted by Crippen LogP contribution is 2.35. The fourth-order valence-electron chi connectivity index (χ4n) is 3.56. The molecule has 0 unspecified atom stereocenters. The molecule has 2 heterocycles. The van der Waals surface area contributed by atoms with Crippen LogP contribution in [0.1, 0.15) is 20.8 Å². The Bertz CT molecular complexity index is 1470. The molecule has 0 aliphatic carbocycles. The molecular formula is C24H17N3O3S2. The highest BCUT2D eigenvalue weighted by molar-refractivity contribution is 7.23. The summed E-state index contributed by atoms with van der Waals surface area (Å²) in [5.41, 5.74) is 2.96. The Balaban J connectivity index is 1.59. The summed E-state index contributed by atoms with van der Waals surface area (Å²) < 4.78 is 1.86. The summed E-state index contributed by atoms with van der Waals surface area (Å²) in [6, 6.07) is 22.2. The van der Waals surface area contributed by atoms with Crippen molar-refractivity contribution in [3.8, 4) is 0 Å². The van der Waals surface area contributed by atoms with E-state index in [1.54, 1.807) is 17.0 Å². The van der Waals surface area contributed by atoms with E-state index in [1.165, 1.54) is 34.8 Å². The maximum atomic E-state index is 13.7. The van der Waals surface area contributed by atoms with Crippen LogP contribution in [0.3, 0.4) is 0 Å². The van der Waals surface area contributed by atoms with Crippen molar-refractivity contribution in [1.82, 2.24) is 4.98 Å². The molecule has 0 saturated carbocycles. The Hall–Kier alpha value is -3.62. The number of hydrogen-bond donors (Lipinski definition) is 0. The maximum Gasteiger partial charge on any atom is 0.270 e. The summed E-state index contributed by atoms with van der Waals surface area (Å²) in [7, 11) is 0. The highest BCUT2D eigenvalue weighted by atomic mass is 32.1. The van der Waals surface area contributed by atoms with E-state index in [4.69, 9.17) is 4.98 Å². The van der Waals surface area contributed by atoms with Gasteiger partial charge < -0.3 is 0 Å². The van der Waals surface area contributed by atoms with Gasteiger partial charge in [0, 0.05) is 22.2 Å². The molecule has 0 bridgehead atoms. The van der Waals surface area contributed by atoms with E-state index in [-0.39, 0.29) is 11.6 Å². The predicted octanol–water partition coefficient (Wildman–Crippen LogP) is 6.57. The molecule has 0 atom stereocenters. The number of carbonyl (C=O) groups excluding carboxylic acids is 1. The standard InChI is InChI=1S/C24H17N3O3S2/c1-15-6-5-9-20-22(15)25-24(32-20)26(14-16-7-3-2-4-8-16)23(28)21-13-17-12-18(27(29)30)10-11-19(17)31-21/h2-13H,14H2,1H3. The molecule has 32 heavy (non-hydrogen) atoms. The summed E-state index contributed by atoms with van der Waals surface area (Å²) in [5.74, 6) is -0.172. The second-order valence-corrected chi connectivity index (χ2v) is 9.48. The first-order valence-electron chi connectivity index (χ1n) is 9.89. The lowest BCUT2D eigenvalue weighted by Gasteiger charge is -2.19. The summed E-state index contributed by atoms with van der Waals surface area (Å²) in [6.07, 6.45) is 0. The number of aromatic nitrogens is 1. The average Bonchev–Trinajstić information content (AvgIpc) is 3.42. The Morgan fingerprint density at radius 3 is 2.56 bits per heavy atom. The number of hydrogen-bond acceptors (Lipinski definition) is 6. The molecule has 0 radical (unpaired) electrons. The minimum Gasteiger partial charge on any atom is -0.279 e. The molecule has 0 spiro atoms. The SMILES string of the molecule is Cc1cccc2sc(N(Cc3ccccc3)C(=O)c3cc4cc([N+](=O)[O-])ccc4s3)nc12. The number of non-ortho nitro benzene ring substituents is 1. The number of anilines is 1. The Kier molecular flexibility index (Phi) is 5.16. The van der Waals surface area contributed by atoms with Gasteiger partial charge in [0.2, 0.25) is 0 Å².